The van der Waals surface area contributed by atoms with Crippen molar-refractivity contribution in [2.45, 2.75) is 19.9 Å². The Hall–Kier alpha value is -1.99. The summed E-state index contributed by atoms with van der Waals surface area (Å²) in [5.41, 5.74) is 1.96. The quantitative estimate of drug-likeness (QED) is 0.339. The van der Waals surface area contributed by atoms with E-state index in [1.165, 1.54) is 11.3 Å². The maximum absolute atomic E-state index is 13.5. The zero-order chi connectivity index (χ0) is 23.0. The van der Waals surface area contributed by atoms with Gasteiger partial charge < -0.3 is 9.84 Å². The summed E-state index contributed by atoms with van der Waals surface area (Å²) >= 11 is 5.47. The van der Waals surface area contributed by atoms with E-state index in [2.05, 4.69) is 50.2 Å². The summed E-state index contributed by atoms with van der Waals surface area (Å²) in [6, 6.07) is 12.4. The minimum Gasteiger partial charge on any atom is -0.506 e. The largest absolute Gasteiger partial charge is 0.506 e. The van der Waals surface area contributed by atoms with E-state index in [1.807, 2.05) is 42.5 Å². The number of phenolic OH excluding ortho intramolecular Hbond substituents is 1. The van der Waals surface area contributed by atoms with E-state index in [0.717, 1.165) is 9.13 Å². The number of allylic oxidation sites excluding steroid dienone is 1. The lowest BCUT2D eigenvalue weighted by Crippen LogP contribution is -2.39. The van der Waals surface area contributed by atoms with Crippen LogP contribution in [0.3, 0.4) is 0 Å². The average molecular weight is 672 g/mol. The molecule has 0 bridgehead atoms. The van der Waals surface area contributed by atoms with Gasteiger partial charge in [-0.15, -0.1) is 0 Å². The molecule has 1 atom stereocenters. The molecule has 6 nitrogen and oxygen atoms in total. The van der Waals surface area contributed by atoms with Crippen LogP contribution < -0.4 is 14.9 Å². The van der Waals surface area contributed by atoms with Gasteiger partial charge in [-0.25, -0.2) is 9.79 Å². The van der Waals surface area contributed by atoms with Crippen molar-refractivity contribution in [3.05, 3.63) is 91.7 Å². The molecule has 0 radical (unpaired) electrons. The van der Waals surface area contributed by atoms with E-state index in [0.29, 0.717) is 29.7 Å². The minimum atomic E-state index is -0.640. The Morgan fingerprint density at radius 2 is 2.00 bits per heavy atom. The van der Waals surface area contributed by atoms with Gasteiger partial charge in [-0.3, -0.25) is 9.36 Å². The second-order valence-electron chi connectivity index (χ2n) is 7.04. The lowest BCUT2D eigenvalue weighted by Gasteiger charge is -2.24. The number of carbonyl (C=O) groups is 1. The predicted molar refractivity (Wildman–Crippen MR) is 140 cm³/mol. The van der Waals surface area contributed by atoms with Crippen LogP contribution in [0.25, 0.3) is 6.08 Å². The average Bonchev–Trinajstić information content (AvgIpc) is 3.06. The van der Waals surface area contributed by atoms with E-state index >= 15 is 0 Å². The normalized spacial score (nSPS) is 16.0. The Bertz CT molecular complexity index is 1420. The molecule has 2 aromatic carbocycles. The first-order valence-corrected chi connectivity index (χ1v) is 12.7. The van der Waals surface area contributed by atoms with Crippen molar-refractivity contribution in [3.8, 4) is 5.75 Å². The van der Waals surface area contributed by atoms with Crippen molar-refractivity contribution in [1.82, 2.24) is 4.57 Å². The number of aromatic nitrogens is 1. The van der Waals surface area contributed by atoms with Crippen molar-refractivity contribution in [1.29, 1.82) is 0 Å². The summed E-state index contributed by atoms with van der Waals surface area (Å²) in [6.07, 6.45) is 1.68. The Labute approximate surface area is 215 Å². The molecule has 0 unspecified atom stereocenters. The molecule has 4 rings (SSSR count). The number of esters is 1. The molecule has 3 aromatic rings. The molecule has 32 heavy (non-hydrogen) atoms. The molecule has 164 valence electrons. The Balaban J connectivity index is 1.98. The Morgan fingerprint density at radius 1 is 1.28 bits per heavy atom. The SMILES string of the molecule is CCOC(=O)C1=C(C)N=c2s/c(=C/c3cc(I)cc(I)c3O)c(=O)n2[C@H]1c1ccccc1. The maximum atomic E-state index is 13.5. The summed E-state index contributed by atoms with van der Waals surface area (Å²) in [5, 5.41) is 10.5. The first-order valence-electron chi connectivity index (χ1n) is 9.74. The van der Waals surface area contributed by atoms with E-state index in [1.54, 1.807) is 24.5 Å². The van der Waals surface area contributed by atoms with Crippen LogP contribution in [0, 0.1) is 7.14 Å². The van der Waals surface area contributed by atoms with Crippen LogP contribution in [-0.4, -0.2) is 22.2 Å². The molecule has 0 aliphatic carbocycles. The van der Waals surface area contributed by atoms with Crippen molar-refractivity contribution < 1.29 is 14.6 Å². The second kappa shape index (κ2) is 9.48. The molecule has 0 saturated carbocycles. The van der Waals surface area contributed by atoms with Gasteiger partial charge in [-0.1, -0.05) is 41.7 Å². The Morgan fingerprint density at radius 3 is 2.69 bits per heavy atom. The predicted octanol–water partition coefficient (Wildman–Crippen LogP) is 3.71. The standard InChI is InChI=1S/C23H18I2N2O4S/c1-3-31-22(30)18-12(2)26-23-27(19(18)13-7-5-4-6-8-13)21(29)17(32-23)10-14-9-15(24)11-16(25)20(14)28/h4-11,19,28H,3H2,1-2H3/b17-10+/t19-/m0/s1. The molecule has 0 amide bonds. The number of carbonyl (C=O) groups excluding carboxylic acids is 1. The van der Waals surface area contributed by atoms with Gasteiger partial charge >= 0.3 is 5.97 Å². The van der Waals surface area contributed by atoms with E-state index in [4.69, 9.17) is 4.74 Å². The van der Waals surface area contributed by atoms with Crippen molar-refractivity contribution in [3.63, 3.8) is 0 Å². The number of aromatic hydroxyl groups is 1. The van der Waals surface area contributed by atoms with Crippen molar-refractivity contribution in [2.75, 3.05) is 6.61 Å². The maximum Gasteiger partial charge on any atom is 0.338 e. The summed E-state index contributed by atoms with van der Waals surface area (Å²) in [6.45, 7) is 3.73. The molecule has 2 heterocycles. The minimum absolute atomic E-state index is 0.125. The molecular weight excluding hydrogens is 654 g/mol. The number of thiazole rings is 1. The molecule has 0 spiro atoms. The number of benzene rings is 2. The number of fused-ring (bicyclic) bond motifs is 1. The molecule has 1 aliphatic heterocycles. The third-order valence-corrected chi connectivity index (χ3v) is 7.40. The van der Waals surface area contributed by atoms with Crippen LogP contribution in [0.15, 0.2) is 63.5 Å². The van der Waals surface area contributed by atoms with Gasteiger partial charge in [0.05, 0.1) is 32.0 Å². The number of rotatable bonds is 4. The number of halogens is 2. The summed E-state index contributed by atoms with van der Waals surface area (Å²) in [7, 11) is 0. The van der Waals surface area contributed by atoms with Gasteiger partial charge in [-0.05, 0) is 82.8 Å². The molecule has 0 saturated heterocycles. The van der Waals surface area contributed by atoms with Gasteiger partial charge in [0.2, 0.25) is 0 Å². The van der Waals surface area contributed by atoms with Gasteiger partial charge in [-0.2, -0.15) is 0 Å². The fraction of sp³-hybridized carbons (Fsp3) is 0.174. The van der Waals surface area contributed by atoms with Crippen LogP contribution in [0.4, 0.5) is 0 Å². The van der Waals surface area contributed by atoms with Gasteiger partial charge in [0.25, 0.3) is 5.56 Å². The summed E-state index contributed by atoms with van der Waals surface area (Å²) < 4.78 is 8.92. The summed E-state index contributed by atoms with van der Waals surface area (Å²) in [5.74, 6) is -0.360. The first kappa shape index (κ1) is 23.2. The van der Waals surface area contributed by atoms with E-state index in [9.17, 15) is 14.7 Å². The number of nitrogens with zero attached hydrogens (tertiary/aromatic N) is 2. The summed E-state index contributed by atoms with van der Waals surface area (Å²) in [4.78, 5) is 31.4. The van der Waals surface area contributed by atoms with E-state index < -0.39 is 12.0 Å². The van der Waals surface area contributed by atoms with Gasteiger partial charge in [0.1, 0.15) is 5.75 Å². The third-order valence-electron chi connectivity index (χ3n) is 4.98. The van der Waals surface area contributed by atoms with Crippen LogP contribution in [0.1, 0.15) is 31.0 Å². The van der Waals surface area contributed by atoms with Crippen molar-refractivity contribution in [2.24, 2.45) is 4.99 Å². The van der Waals surface area contributed by atoms with E-state index in [-0.39, 0.29) is 17.9 Å². The second-order valence-corrected chi connectivity index (χ2v) is 10.5. The highest BCUT2D eigenvalue weighted by Crippen LogP contribution is 2.31. The van der Waals surface area contributed by atoms with Crippen LogP contribution in [0.5, 0.6) is 5.75 Å². The highest BCUT2D eigenvalue weighted by Gasteiger charge is 2.33. The van der Waals surface area contributed by atoms with Crippen LogP contribution in [0.2, 0.25) is 0 Å². The molecular formula is C23H18I2N2O4S. The number of ether oxygens (including phenoxy) is 1. The highest BCUT2D eigenvalue weighted by molar-refractivity contribution is 14.1. The zero-order valence-electron chi connectivity index (χ0n) is 17.1. The molecule has 0 fully saturated rings. The highest BCUT2D eigenvalue weighted by atomic mass is 127. The van der Waals surface area contributed by atoms with Crippen LogP contribution in [-0.2, 0) is 9.53 Å². The molecule has 9 heteroatoms. The number of hydrogen-bond donors (Lipinski definition) is 1. The fourth-order valence-corrected chi connectivity index (χ4v) is 6.51. The fourth-order valence-electron chi connectivity index (χ4n) is 3.58. The Kier molecular flexibility index (Phi) is 6.86. The monoisotopic (exact) mass is 672 g/mol. The molecule has 1 N–H and O–H groups in total. The lowest BCUT2D eigenvalue weighted by molar-refractivity contribution is -0.139. The van der Waals surface area contributed by atoms with Crippen molar-refractivity contribution >= 4 is 68.6 Å². The van der Waals surface area contributed by atoms with Gasteiger partial charge in [0, 0.05) is 9.13 Å². The third kappa shape index (κ3) is 4.29. The first-order chi connectivity index (χ1) is 15.3. The van der Waals surface area contributed by atoms with Crippen LogP contribution >= 0.6 is 56.5 Å². The zero-order valence-corrected chi connectivity index (χ0v) is 22.3. The number of phenols is 1. The van der Waals surface area contributed by atoms with Gasteiger partial charge in [0.15, 0.2) is 4.80 Å². The number of hydrogen-bond acceptors (Lipinski definition) is 6. The smallest absolute Gasteiger partial charge is 0.338 e. The molecule has 1 aromatic heterocycles. The molecule has 1 aliphatic rings. The topological polar surface area (TPSA) is 80.9 Å². The lowest BCUT2D eigenvalue weighted by atomic mass is 9.96.